The summed E-state index contributed by atoms with van der Waals surface area (Å²) < 4.78 is 11.3. The third kappa shape index (κ3) is 3.16. The molecule has 4 aromatic rings. The number of aromatic nitrogens is 1. The molecule has 5 heteroatoms. The second-order valence-electron chi connectivity index (χ2n) is 5.45. The van der Waals surface area contributed by atoms with Crippen molar-refractivity contribution in [3.63, 3.8) is 0 Å². The number of hydrogen-bond donors (Lipinski definition) is 1. The summed E-state index contributed by atoms with van der Waals surface area (Å²) in [7, 11) is 1.63. The second kappa shape index (κ2) is 6.87. The van der Waals surface area contributed by atoms with E-state index in [0.717, 1.165) is 33.2 Å². The summed E-state index contributed by atoms with van der Waals surface area (Å²) in [4.78, 5) is 4.36. The number of hydrogen-bond acceptors (Lipinski definition) is 4. The van der Waals surface area contributed by atoms with Crippen LogP contribution in [0.1, 0.15) is 0 Å². The predicted molar refractivity (Wildman–Crippen MR) is 101 cm³/mol. The molecule has 25 heavy (non-hydrogen) atoms. The van der Waals surface area contributed by atoms with E-state index in [9.17, 15) is 5.11 Å². The maximum absolute atomic E-state index is 9.88. The molecule has 0 saturated heterocycles. The third-order valence-corrected chi connectivity index (χ3v) is 3.97. The highest BCUT2D eigenvalue weighted by atomic mass is 35.5. The van der Waals surface area contributed by atoms with Gasteiger partial charge in [0.25, 0.3) is 0 Å². The molecule has 126 valence electrons. The number of nitrogens with zero attached hydrogens (tertiary/aromatic N) is 1. The first kappa shape index (κ1) is 16.9. The lowest BCUT2D eigenvalue weighted by molar-refractivity contribution is 0.415. The highest BCUT2D eigenvalue weighted by Gasteiger charge is 2.07. The van der Waals surface area contributed by atoms with Crippen molar-refractivity contribution in [2.75, 3.05) is 7.11 Å². The standard InChI is InChI=1S/C20H15NO3.ClH/c1-23-14-5-8-17-18(12-14)21-10-9-20(17)24-15-6-7-16-13(11-15)3-2-4-19(16)22;/h2-12,22H,1H3;1H. The fraction of sp³-hybridized carbons (Fsp3) is 0.0500. The van der Waals surface area contributed by atoms with Crippen LogP contribution in [-0.4, -0.2) is 17.2 Å². The summed E-state index contributed by atoms with van der Waals surface area (Å²) in [6.07, 6.45) is 1.71. The van der Waals surface area contributed by atoms with Gasteiger partial charge in [-0.2, -0.15) is 0 Å². The molecule has 1 heterocycles. The lowest BCUT2D eigenvalue weighted by Crippen LogP contribution is -1.89. The smallest absolute Gasteiger partial charge is 0.138 e. The number of halogens is 1. The number of pyridine rings is 1. The summed E-state index contributed by atoms with van der Waals surface area (Å²) in [5.41, 5.74) is 0.810. The Balaban J connectivity index is 0.00000182. The molecule has 0 radical (unpaired) electrons. The Hall–Kier alpha value is -2.98. The van der Waals surface area contributed by atoms with Crippen molar-refractivity contribution in [2.45, 2.75) is 0 Å². The first-order valence-corrected chi connectivity index (χ1v) is 7.57. The van der Waals surface area contributed by atoms with Gasteiger partial charge < -0.3 is 14.6 Å². The monoisotopic (exact) mass is 353 g/mol. The van der Waals surface area contributed by atoms with Crippen LogP contribution in [-0.2, 0) is 0 Å². The zero-order chi connectivity index (χ0) is 16.5. The number of phenols is 1. The van der Waals surface area contributed by atoms with Gasteiger partial charge in [-0.15, -0.1) is 12.4 Å². The molecule has 0 atom stereocenters. The molecule has 0 aliphatic rings. The van der Waals surface area contributed by atoms with Crippen LogP contribution in [0.4, 0.5) is 0 Å². The Labute approximate surface area is 151 Å². The lowest BCUT2D eigenvalue weighted by Gasteiger charge is -2.10. The van der Waals surface area contributed by atoms with Crippen molar-refractivity contribution in [1.82, 2.24) is 4.98 Å². The SMILES string of the molecule is COc1ccc2c(Oc3ccc4c(O)cccc4c3)ccnc2c1.Cl. The number of ether oxygens (including phenoxy) is 2. The van der Waals surface area contributed by atoms with Crippen LogP contribution < -0.4 is 9.47 Å². The highest BCUT2D eigenvalue weighted by molar-refractivity contribution is 5.90. The normalized spacial score (nSPS) is 10.4. The molecule has 0 spiro atoms. The topological polar surface area (TPSA) is 51.6 Å². The van der Waals surface area contributed by atoms with Gasteiger partial charge in [-0.25, -0.2) is 0 Å². The third-order valence-electron chi connectivity index (χ3n) is 3.97. The zero-order valence-corrected chi connectivity index (χ0v) is 14.3. The number of methoxy groups -OCH3 is 1. The van der Waals surface area contributed by atoms with E-state index in [2.05, 4.69) is 4.98 Å². The van der Waals surface area contributed by atoms with Gasteiger partial charge in [-0.1, -0.05) is 12.1 Å². The summed E-state index contributed by atoms with van der Waals surface area (Å²) >= 11 is 0. The number of fused-ring (bicyclic) bond motifs is 2. The van der Waals surface area contributed by atoms with E-state index in [1.165, 1.54) is 0 Å². The minimum absolute atomic E-state index is 0. The summed E-state index contributed by atoms with van der Waals surface area (Å²) in [6.45, 7) is 0. The van der Waals surface area contributed by atoms with Crippen LogP contribution in [0.15, 0.2) is 66.9 Å². The van der Waals surface area contributed by atoms with Crippen LogP contribution in [0, 0.1) is 0 Å². The second-order valence-corrected chi connectivity index (χ2v) is 5.45. The van der Waals surface area contributed by atoms with Crippen molar-refractivity contribution >= 4 is 34.1 Å². The Morgan fingerprint density at radius 2 is 1.68 bits per heavy atom. The van der Waals surface area contributed by atoms with Crippen molar-refractivity contribution < 1.29 is 14.6 Å². The number of phenolic OH excluding ortho intramolecular Hbond substituents is 1. The average Bonchev–Trinajstić information content (AvgIpc) is 2.61. The zero-order valence-electron chi connectivity index (χ0n) is 13.5. The molecular formula is C20H16ClNO3. The number of rotatable bonds is 3. The molecule has 0 fully saturated rings. The molecule has 3 aromatic carbocycles. The molecule has 0 unspecified atom stereocenters. The van der Waals surface area contributed by atoms with Gasteiger partial charge in [0.15, 0.2) is 0 Å². The molecule has 0 saturated carbocycles. The van der Waals surface area contributed by atoms with E-state index in [1.54, 1.807) is 19.4 Å². The van der Waals surface area contributed by atoms with Crippen LogP contribution in [0.2, 0.25) is 0 Å². The molecule has 0 bridgehead atoms. The van der Waals surface area contributed by atoms with Crippen molar-refractivity contribution in [3.8, 4) is 23.0 Å². The molecular weight excluding hydrogens is 338 g/mol. The molecule has 4 rings (SSSR count). The number of aromatic hydroxyl groups is 1. The van der Waals surface area contributed by atoms with Crippen molar-refractivity contribution in [1.29, 1.82) is 0 Å². The molecule has 0 amide bonds. The van der Waals surface area contributed by atoms with Crippen molar-refractivity contribution in [2.24, 2.45) is 0 Å². The van der Waals surface area contributed by atoms with Gasteiger partial charge in [0.2, 0.25) is 0 Å². The summed E-state index contributed by atoms with van der Waals surface area (Å²) in [6, 6.07) is 18.6. The van der Waals surface area contributed by atoms with Gasteiger partial charge in [0, 0.05) is 23.0 Å². The highest BCUT2D eigenvalue weighted by Crippen LogP contribution is 2.33. The summed E-state index contributed by atoms with van der Waals surface area (Å²) in [5.74, 6) is 2.45. The fourth-order valence-electron chi connectivity index (χ4n) is 2.75. The first-order valence-electron chi connectivity index (χ1n) is 7.57. The number of benzene rings is 3. The minimum Gasteiger partial charge on any atom is -0.507 e. The fourth-order valence-corrected chi connectivity index (χ4v) is 2.75. The maximum Gasteiger partial charge on any atom is 0.138 e. The first-order chi connectivity index (χ1) is 11.7. The van der Waals surface area contributed by atoms with Crippen LogP contribution in [0.25, 0.3) is 21.7 Å². The van der Waals surface area contributed by atoms with Gasteiger partial charge in [-0.3, -0.25) is 4.98 Å². The van der Waals surface area contributed by atoms with Crippen LogP contribution in [0.3, 0.4) is 0 Å². The molecule has 1 N–H and O–H groups in total. The van der Waals surface area contributed by atoms with Gasteiger partial charge in [-0.05, 0) is 47.9 Å². The Morgan fingerprint density at radius 1 is 0.880 bits per heavy atom. The Morgan fingerprint density at radius 3 is 2.52 bits per heavy atom. The Kier molecular flexibility index (Phi) is 4.63. The van der Waals surface area contributed by atoms with E-state index in [4.69, 9.17) is 9.47 Å². The lowest BCUT2D eigenvalue weighted by atomic mass is 10.1. The molecule has 4 nitrogen and oxygen atoms in total. The van der Waals surface area contributed by atoms with E-state index < -0.39 is 0 Å². The van der Waals surface area contributed by atoms with E-state index >= 15 is 0 Å². The Bertz CT molecular complexity index is 1050. The average molecular weight is 354 g/mol. The molecule has 1 aromatic heterocycles. The maximum atomic E-state index is 9.88. The van der Waals surface area contributed by atoms with Crippen LogP contribution in [0.5, 0.6) is 23.0 Å². The van der Waals surface area contributed by atoms with Gasteiger partial charge >= 0.3 is 0 Å². The van der Waals surface area contributed by atoms with Gasteiger partial charge in [0.05, 0.1) is 12.6 Å². The largest absolute Gasteiger partial charge is 0.507 e. The quantitative estimate of drug-likeness (QED) is 0.541. The predicted octanol–water partition coefficient (Wildman–Crippen LogP) is 5.32. The van der Waals surface area contributed by atoms with Crippen LogP contribution >= 0.6 is 12.4 Å². The van der Waals surface area contributed by atoms with Gasteiger partial charge in [0.1, 0.15) is 23.0 Å². The van der Waals surface area contributed by atoms with E-state index in [1.807, 2.05) is 54.6 Å². The minimum atomic E-state index is 0. The molecule has 0 aliphatic heterocycles. The van der Waals surface area contributed by atoms with Crippen molar-refractivity contribution in [3.05, 3.63) is 66.9 Å². The molecule has 0 aliphatic carbocycles. The van der Waals surface area contributed by atoms with E-state index in [0.29, 0.717) is 5.75 Å². The van der Waals surface area contributed by atoms with E-state index in [-0.39, 0.29) is 18.2 Å². The summed E-state index contributed by atoms with van der Waals surface area (Å²) in [5, 5.41) is 12.5.